The van der Waals surface area contributed by atoms with E-state index in [1.807, 2.05) is 0 Å². The van der Waals surface area contributed by atoms with Gasteiger partial charge in [-0.1, -0.05) is 0 Å². The summed E-state index contributed by atoms with van der Waals surface area (Å²) in [6.07, 6.45) is 0. The first-order valence-corrected chi connectivity index (χ1v) is 3.67. The molecule has 0 aromatic heterocycles. The van der Waals surface area contributed by atoms with E-state index in [9.17, 15) is 0 Å². The molecule has 0 bridgehead atoms. The molecule has 0 saturated carbocycles. The van der Waals surface area contributed by atoms with Gasteiger partial charge in [-0.2, -0.15) is 0 Å². The molecule has 0 atom stereocenters. The van der Waals surface area contributed by atoms with Crippen molar-refractivity contribution in [2.45, 2.75) is 19.3 Å². The van der Waals surface area contributed by atoms with Gasteiger partial charge >= 0.3 is 21.6 Å². The van der Waals surface area contributed by atoms with E-state index in [0.717, 1.165) is 0 Å². The molecular formula is C3H12B3N3O3. The largest absolute Gasteiger partial charge is 0.539 e. The molecule has 6 N–H and O–H groups in total. The Hall–Kier alpha value is -0.0452. The monoisotopic (exact) mass is 171 g/mol. The summed E-state index contributed by atoms with van der Waals surface area (Å²) < 4.78 is 15.1. The molecule has 1 heterocycles. The summed E-state index contributed by atoms with van der Waals surface area (Å²) >= 11 is 0. The highest BCUT2D eigenvalue weighted by molar-refractivity contribution is 6.67. The van der Waals surface area contributed by atoms with Crippen LogP contribution in [0.2, 0.25) is 0 Å². The summed E-state index contributed by atoms with van der Waals surface area (Å²) in [6.45, 7) is 3.50. The number of hydrogen-bond donors (Lipinski definition) is 3. The van der Waals surface area contributed by atoms with Crippen molar-refractivity contribution in [3.05, 3.63) is 0 Å². The van der Waals surface area contributed by atoms with Crippen molar-refractivity contribution in [3.63, 3.8) is 0 Å². The van der Waals surface area contributed by atoms with Gasteiger partial charge in [0, 0.05) is 0 Å². The second-order valence-corrected chi connectivity index (χ2v) is 3.15. The zero-order valence-corrected chi connectivity index (χ0v) is 7.19. The number of rotatable bonds is 0. The second kappa shape index (κ2) is 3.37. The van der Waals surface area contributed by atoms with Gasteiger partial charge in [-0.15, -0.1) is 0 Å². The lowest BCUT2D eigenvalue weighted by atomic mass is 9.64. The highest BCUT2D eigenvalue weighted by atomic mass is 16.7. The number of nitrogens with two attached hydrogens (primary N) is 3. The van der Waals surface area contributed by atoms with Gasteiger partial charge in [0.15, 0.2) is 0 Å². The highest BCUT2D eigenvalue weighted by Crippen LogP contribution is 2.15. The molecule has 0 spiro atoms. The van der Waals surface area contributed by atoms with Crippen LogP contribution in [0.4, 0.5) is 0 Å². The highest BCUT2D eigenvalue weighted by Gasteiger charge is 2.44. The lowest BCUT2D eigenvalue weighted by Gasteiger charge is -2.26. The minimum Gasteiger partial charge on any atom is -0.446 e. The minimum absolute atomic E-state index is 0.652. The van der Waals surface area contributed by atoms with Crippen molar-refractivity contribution in [3.8, 4) is 0 Å². The molecule has 66 valence electrons. The molecule has 0 radical (unpaired) electrons. The molecule has 0 aromatic carbocycles. The fraction of sp³-hybridized carbons (Fsp3) is 1.00. The van der Waals surface area contributed by atoms with E-state index in [0.29, 0.717) is 0 Å². The summed E-state index contributed by atoms with van der Waals surface area (Å²) in [7, 11) is -2.48. The Labute approximate surface area is 72.5 Å². The molecule has 1 aliphatic rings. The zero-order chi connectivity index (χ0) is 9.35. The van der Waals surface area contributed by atoms with Crippen LogP contribution in [-0.4, -0.2) is 27.1 Å². The predicted molar refractivity (Wildman–Crippen MR) is 47.2 cm³/mol. The third kappa shape index (κ3) is 2.22. The standard InChI is InChI=1S/C3H12B3N3O3/c1-3(2)4(7)11-6(9)12-5(8)10-3/h7-9H2,1-2H3. The number of hydrogen-bond acceptors (Lipinski definition) is 6. The summed E-state index contributed by atoms with van der Waals surface area (Å²) in [5, 5.41) is 0. The van der Waals surface area contributed by atoms with Crippen LogP contribution in [0.15, 0.2) is 0 Å². The third-order valence-corrected chi connectivity index (χ3v) is 1.65. The van der Waals surface area contributed by atoms with Gasteiger partial charge in [-0.05, 0) is 13.8 Å². The lowest BCUT2D eigenvalue weighted by molar-refractivity contribution is 0.158. The fourth-order valence-corrected chi connectivity index (χ4v) is 0.867. The average Bonchev–Trinajstić information content (AvgIpc) is 1.89. The van der Waals surface area contributed by atoms with Crippen molar-refractivity contribution in [1.82, 2.24) is 0 Å². The minimum atomic E-state index is -0.934. The van der Waals surface area contributed by atoms with Crippen LogP contribution in [0, 0.1) is 0 Å². The Bertz CT molecular complexity index is 170. The van der Waals surface area contributed by atoms with Crippen LogP contribution in [-0.2, 0) is 13.8 Å². The van der Waals surface area contributed by atoms with Crippen LogP contribution in [0.1, 0.15) is 13.8 Å². The molecule has 0 amide bonds. The molecule has 9 heteroatoms. The van der Waals surface area contributed by atoms with Crippen LogP contribution in [0.25, 0.3) is 0 Å². The van der Waals surface area contributed by atoms with Crippen LogP contribution >= 0.6 is 0 Å². The fourth-order valence-electron chi connectivity index (χ4n) is 0.867. The van der Waals surface area contributed by atoms with Crippen molar-refractivity contribution >= 4 is 21.6 Å². The Morgan fingerprint density at radius 2 is 1.58 bits per heavy atom. The van der Waals surface area contributed by atoms with Gasteiger partial charge in [-0.25, -0.2) is 0 Å². The van der Waals surface area contributed by atoms with E-state index in [-0.39, 0.29) is 0 Å². The molecule has 6 nitrogen and oxygen atoms in total. The van der Waals surface area contributed by atoms with Gasteiger partial charge in [0.2, 0.25) is 0 Å². The van der Waals surface area contributed by atoms with E-state index in [1.165, 1.54) is 0 Å². The van der Waals surface area contributed by atoms with E-state index < -0.39 is 27.1 Å². The molecule has 1 aliphatic heterocycles. The van der Waals surface area contributed by atoms with E-state index in [4.69, 9.17) is 30.7 Å². The van der Waals surface area contributed by atoms with Crippen LogP contribution < -0.4 is 16.9 Å². The summed E-state index contributed by atoms with van der Waals surface area (Å²) in [4.78, 5) is 0. The Kier molecular flexibility index (Phi) is 2.82. The Morgan fingerprint density at radius 3 is 2.17 bits per heavy atom. The molecule has 1 rings (SSSR count). The summed E-state index contributed by atoms with van der Waals surface area (Å²) in [6, 6.07) is 0. The molecule has 0 unspecified atom stereocenters. The van der Waals surface area contributed by atoms with Crippen molar-refractivity contribution in [2.75, 3.05) is 0 Å². The second-order valence-electron chi connectivity index (χ2n) is 3.15. The van der Waals surface area contributed by atoms with E-state index in [2.05, 4.69) is 0 Å². The first-order chi connectivity index (χ1) is 5.42. The quantitative estimate of drug-likeness (QED) is 0.353. The smallest absolute Gasteiger partial charge is 0.446 e. The van der Waals surface area contributed by atoms with Crippen molar-refractivity contribution in [1.29, 1.82) is 0 Å². The van der Waals surface area contributed by atoms with E-state index in [1.54, 1.807) is 13.8 Å². The van der Waals surface area contributed by atoms with Crippen molar-refractivity contribution < 1.29 is 13.8 Å². The van der Waals surface area contributed by atoms with Crippen LogP contribution in [0.3, 0.4) is 0 Å². The van der Waals surface area contributed by atoms with Gasteiger partial charge in [0.1, 0.15) is 0 Å². The molecule has 0 aromatic rings. The molecule has 0 aliphatic carbocycles. The molecule has 1 fully saturated rings. The molecular weight excluding hydrogens is 158 g/mol. The Morgan fingerprint density at radius 1 is 1.00 bits per heavy atom. The van der Waals surface area contributed by atoms with Gasteiger partial charge in [-0.3, -0.25) is 0 Å². The zero-order valence-electron chi connectivity index (χ0n) is 7.19. The molecule has 1 saturated heterocycles. The van der Waals surface area contributed by atoms with Gasteiger partial charge < -0.3 is 30.7 Å². The summed E-state index contributed by atoms with van der Waals surface area (Å²) in [5.41, 5.74) is 15.7. The van der Waals surface area contributed by atoms with E-state index >= 15 is 0 Å². The first-order valence-electron chi connectivity index (χ1n) is 3.67. The topological polar surface area (TPSA) is 106 Å². The normalized spacial score (nSPS) is 24.2. The van der Waals surface area contributed by atoms with Gasteiger partial charge in [0.25, 0.3) is 0 Å². The maximum atomic E-state index is 5.60. The maximum absolute atomic E-state index is 5.60. The molecule has 12 heavy (non-hydrogen) atoms. The van der Waals surface area contributed by atoms with Crippen molar-refractivity contribution in [2.24, 2.45) is 16.9 Å². The average molecular weight is 171 g/mol. The predicted octanol–water partition coefficient (Wildman–Crippen LogP) is -2.30. The van der Waals surface area contributed by atoms with Gasteiger partial charge in [0.05, 0.1) is 5.50 Å². The first kappa shape index (κ1) is 10.0. The lowest BCUT2D eigenvalue weighted by Crippen LogP contribution is -2.54. The summed E-state index contributed by atoms with van der Waals surface area (Å²) in [5.74, 6) is 0. The third-order valence-electron chi connectivity index (χ3n) is 1.65. The Balaban J connectivity index is 2.68. The van der Waals surface area contributed by atoms with Crippen LogP contribution in [0.5, 0.6) is 0 Å². The SMILES string of the molecule is CC1(C)OB(N)OB(N)OB1N. The maximum Gasteiger partial charge on any atom is 0.539 e.